The van der Waals surface area contributed by atoms with E-state index in [9.17, 15) is 9.50 Å². The zero-order valence-corrected chi connectivity index (χ0v) is 9.57. The van der Waals surface area contributed by atoms with Crippen LogP contribution in [0, 0.1) is 11.2 Å². The van der Waals surface area contributed by atoms with Gasteiger partial charge in [-0.1, -0.05) is 13.8 Å². The molecule has 1 aliphatic carbocycles. The number of halogens is 1. The molecule has 2 atom stereocenters. The van der Waals surface area contributed by atoms with Gasteiger partial charge in [0.05, 0.1) is 12.3 Å². The Morgan fingerprint density at radius 3 is 2.88 bits per heavy atom. The Balaban J connectivity index is 1.89. The fraction of sp³-hybridized carbons (Fsp3) is 0.583. The summed E-state index contributed by atoms with van der Waals surface area (Å²) in [6.07, 6.45) is 3.37. The van der Waals surface area contributed by atoms with E-state index in [0.717, 1.165) is 12.0 Å². The molecule has 0 aromatic carbocycles. The Morgan fingerprint density at radius 1 is 1.56 bits per heavy atom. The van der Waals surface area contributed by atoms with Crippen molar-refractivity contribution in [2.45, 2.75) is 39.0 Å². The van der Waals surface area contributed by atoms with Gasteiger partial charge in [0.25, 0.3) is 0 Å². The first kappa shape index (κ1) is 11.5. The SMILES string of the molecule is CC1(C)C(O)CC1NCc1cncc(F)c1. The number of hydrogen-bond donors (Lipinski definition) is 2. The summed E-state index contributed by atoms with van der Waals surface area (Å²) in [7, 11) is 0. The first-order valence-electron chi connectivity index (χ1n) is 5.51. The molecule has 0 spiro atoms. The molecule has 2 rings (SSSR count). The summed E-state index contributed by atoms with van der Waals surface area (Å²) in [5.74, 6) is -0.313. The van der Waals surface area contributed by atoms with Gasteiger partial charge in [-0.2, -0.15) is 0 Å². The Hall–Kier alpha value is -1.00. The molecular formula is C12H17FN2O. The maximum absolute atomic E-state index is 12.9. The van der Waals surface area contributed by atoms with Gasteiger partial charge >= 0.3 is 0 Å². The highest BCUT2D eigenvalue weighted by atomic mass is 19.1. The molecule has 88 valence electrons. The van der Waals surface area contributed by atoms with Gasteiger partial charge in [-0.15, -0.1) is 0 Å². The minimum Gasteiger partial charge on any atom is -0.392 e. The summed E-state index contributed by atoms with van der Waals surface area (Å²) in [6, 6.07) is 1.76. The summed E-state index contributed by atoms with van der Waals surface area (Å²) in [5, 5.41) is 12.9. The minimum absolute atomic E-state index is 0.0965. The molecule has 0 aliphatic heterocycles. The van der Waals surface area contributed by atoms with Crippen LogP contribution < -0.4 is 5.32 Å². The summed E-state index contributed by atoms with van der Waals surface area (Å²) in [6.45, 7) is 4.65. The van der Waals surface area contributed by atoms with Crippen LogP contribution in [0.1, 0.15) is 25.8 Å². The smallest absolute Gasteiger partial charge is 0.141 e. The van der Waals surface area contributed by atoms with E-state index in [1.165, 1.54) is 12.3 Å². The lowest BCUT2D eigenvalue weighted by atomic mass is 9.64. The second kappa shape index (κ2) is 4.11. The van der Waals surface area contributed by atoms with Crippen molar-refractivity contribution in [1.29, 1.82) is 0 Å². The fourth-order valence-corrected chi connectivity index (χ4v) is 2.04. The van der Waals surface area contributed by atoms with E-state index in [1.54, 1.807) is 6.20 Å². The van der Waals surface area contributed by atoms with Crippen molar-refractivity contribution in [3.63, 3.8) is 0 Å². The van der Waals surface area contributed by atoms with Crippen molar-refractivity contribution in [1.82, 2.24) is 10.3 Å². The van der Waals surface area contributed by atoms with Gasteiger partial charge in [0.2, 0.25) is 0 Å². The highest BCUT2D eigenvalue weighted by Crippen LogP contribution is 2.40. The average molecular weight is 224 g/mol. The first-order chi connectivity index (χ1) is 7.50. The molecule has 4 heteroatoms. The zero-order valence-electron chi connectivity index (χ0n) is 9.57. The average Bonchev–Trinajstić information content (AvgIpc) is 2.24. The van der Waals surface area contributed by atoms with Crippen LogP contribution in [0.2, 0.25) is 0 Å². The van der Waals surface area contributed by atoms with Gasteiger partial charge < -0.3 is 10.4 Å². The van der Waals surface area contributed by atoms with Gasteiger partial charge in [-0.05, 0) is 18.1 Å². The number of nitrogens with one attached hydrogen (secondary N) is 1. The van der Waals surface area contributed by atoms with Gasteiger partial charge in [0.1, 0.15) is 5.82 Å². The van der Waals surface area contributed by atoms with Gasteiger partial charge in [0, 0.05) is 24.2 Å². The largest absolute Gasteiger partial charge is 0.392 e. The molecule has 1 aromatic rings. The zero-order chi connectivity index (χ0) is 11.8. The van der Waals surface area contributed by atoms with E-state index in [0.29, 0.717) is 6.54 Å². The third kappa shape index (κ3) is 2.08. The molecule has 0 bridgehead atoms. The predicted molar refractivity (Wildman–Crippen MR) is 59.2 cm³/mol. The summed E-state index contributed by atoms with van der Waals surface area (Å²) in [5.41, 5.74) is 0.734. The molecule has 0 amide bonds. The third-order valence-electron chi connectivity index (χ3n) is 3.53. The lowest BCUT2D eigenvalue weighted by Crippen LogP contribution is -2.59. The Kier molecular flexibility index (Phi) is 2.95. The maximum atomic E-state index is 12.9. The van der Waals surface area contributed by atoms with E-state index in [1.807, 2.05) is 13.8 Å². The van der Waals surface area contributed by atoms with Crippen LogP contribution in [0.5, 0.6) is 0 Å². The van der Waals surface area contributed by atoms with E-state index in [4.69, 9.17) is 0 Å². The van der Waals surface area contributed by atoms with Crippen LogP contribution in [-0.2, 0) is 6.54 Å². The summed E-state index contributed by atoms with van der Waals surface area (Å²) >= 11 is 0. The highest BCUT2D eigenvalue weighted by Gasteiger charge is 2.46. The molecule has 16 heavy (non-hydrogen) atoms. The normalized spacial score (nSPS) is 27.5. The van der Waals surface area contributed by atoms with Gasteiger partial charge in [-0.25, -0.2) is 4.39 Å². The molecule has 0 radical (unpaired) electrons. The van der Waals surface area contributed by atoms with Crippen LogP contribution in [0.25, 0.3) is 0 Å². The lowest BCUT2D eigenvalue weighted by molar-refractivity contribution is -0.0730. The number of nitrogens with zero attached hydrogens (tertiary/aromatic N) is 1. The number of aromatic nitrogens is 1. The Morgan fingerprint density at radius 2 is 2.31 bits per heavy atom. The van der Waals surface area contributed by atoms with Crippen molar-refractivity contribution in [3.8, 4) is 0 Å². The topological polar surface area (TPSA) is 45.1 Å². The van der Waals surface area contributed by atoms with Gasteiger partial charge in [0.15, 0.2) is 0 Å². The molecular weight excluding hydrogens is 207 g/mol. The van der Waals surface area contributed by atoms with Crippen molar-refractivity contribution in [2.24, 2.45) is 5.41 Å². The molecule has 3 nitrogen and oxygen atoms in total. The van der Waals surface area contributed by atoms with Crippen molar-refractivity contribution >= 4 is 0 Å². The summed E-state index contributed by atoms with van der Waals surface area (Å²) < 4.78 is 12.9. The van der Waals surface area contributed by atoms with E-state index < -0.39 is 0 Å². The predicted octanol–water partition coefficient (Wildman–Crippen LogP) is 1.47. The number of hydrogen-bond acceptors (Lipinski definition) is 3. The van der Waals surface area contributed by atoms with Crippen LogP contribution in [0.15, 0.2) is 18.5 Å². The molecule has 1 saturated carbocycles. The van der Waals surface area contributed by atoms with Gasteiger partial charge in [-0.3, -0.25) is 4.98 Å². The molecule has 2 N–H and O–H groups in total. The Bertz CT molecular complexity index is 381. The first-order valence-corrected chi connectivity index (χ1v) is 5.51. The van der Waals surface area contributed by atoms with Crippen molar-refractivity contribution in [2.75, 3.05) is 0 Å². The summed E-state index contributed by atoms with van der Waals surface area (Å²) in [4.78, 5) is 3.79. The molecule has 2 unspecified atom stereocenters. The van der Waals surface area contributed by atoms with Crippen LogP contribution in [-0.4, -0.2) is 22.2 Å². The van der Waals surface area contributed by atoms with Crippen molar-refractivity contribution in [3.05, 3.63) is 29.8 Å². The highest BCUT2D eigenvalue weighted by molar-refractivity contribution is 5.11. The lowest BCUT2D eigenvalue weighted by Gasteiger charge is -2.49. The van der Waals surface area contributed by atoms with E-state index in [2.05, 4.69) is 10.3 Å². The second-order valence-corrected chi connectivity index (χ2v) is 5.02. The van der Waals surface area contributed by atoms with E-state index in [-0.39, 0.29) is 23.4 Å². The molecule has 1 aliphatic rings. The molecule has 1 heterocycles. The quantitative estimate of drug-likeness (QED) is 0.817. The molecule has 1 aromatic heterocycles. The van der Waals surface area contributed by atoms with Crippen LogP contribution in [0.4, 0.5) is 4.39 Å². The standard InChI is InChI=1S/C12H17FN2O/c1-12(2)10(4-11(12)16)15-6-8-3-9(13)7-14-5-8/h3,5,7,10-11,15-16H,4,6H2,1-2H3. The fourth-order valence-electron chi connectivity index (χ4n) is 2.04. The maximum Gasteiger partial charge on any atom is 0.141 e. The van der Waals surface area contributed by atoms with Crippen molar-refractivity contribution < 1.29 is 9.50 Å². The minimum atomic E-state index is -0.313. The number of aliphatic hydroxyl groups is 1. The van der Waals surface area contributed by atoms with Crippen LogP contribution >= 0.6 is 0 Å². The molecule has 1 fully saturated rings. The Labute approximate surface area is 94.7 Å². The third-order valence-corrected chi connectivity index (χ3v) is 3.53. The number of aliphatic hydroxyl groups excluding tert-OH is 1. The van der Waals surface area contributed by atoms with E-state index >= 15 is 0 Å². The van der Waals surface area contributed by atoms with Crippen LogP contribution in [0.3, 0.4) is 0 Å². The molecule has 0 saturated heterocycles. The monoisotopic (exact) mass is 224 g/mol. The number of pyridine rings is 1. The second-order valence-electron chi connectivity index (χ2n) is 5.02. The number of rotatable bonds is 3.